The fourth-order valence-corrected chi connectivity index (χ4v) is 6.96. The molecule has 2 saturated heterocycles. The fraction of sp³-hybridized carbons (Fsp3) is 0.406. The molecule has 40 heavy (non-hydrogen) atoms. The second-order valence-corrected chi connectivity index (χ2v) is 11.4. The second-order valence-electron chi connectivity index (χ2n) is 11.4. The van der Waals surface area contributed by atoms with Crippen LogP contribution in [0.25, 0.3) is 0 Å². The van der Waals surface area contributed by atoms with Crippen molar-refractivity contribution in [3.05, 3.63) is 89.5 Å². The minimum Gasteiger partial charge on any atom is -0.394 e. The van der Waals surface area contributed by atoms with E-state index in [-0.39, 0.29) is 24.3 Å². The number of carbonyl (C=O) groups excluding carboxylic acids is 3. The van der Waals surface area contributed by atoms with Gasteiger partial charge in [0, 0.05) is 25.8 Å². The quantitative estimate of drug-likeness (QED) is 0.588. The zero-order chi connectivity index (χ0) is 28.2. The molecule has 8 heteroatoms. The summed E-state index contributed by atoms with van der Waals surface area (Å²) in [4.78, 5) is 47.7. The van der Waals surface area contributed by atoms with Crippen LogP contribution in [0.15, 0.2) is 72.8 Å². The molecule has 1 N–H and O–H groups in total. The van der Waals surface area contributed by atoms with Crippen LogP contribution in [0, 0.1) is 25.7 Å². The maximum Gasteiger partial charge on any atom is 0.253 e. The molecule has 0 bridgehead atoms. The van der Waals surface area contributed by atoms with Gasteiger partial charge in [-0.05, 0) is 43.0 Å². The largest absolute Gasteiger partial charge is 0.394 e. The van der Waals surface area contributed by atoms with Crippen LogP contribution in [0.1, 0.15) is 16.7 Å². The number of nitrogens with zero attached hydrogens (tertiary/aromatic N) is 3. The van der Waals surface area contributed by atoms with Crippen molar-refractivity contribution in [1.29, 1.82) is 0 Å². The van der Waals surface area contributed by atoms with E-state index in [2.05, 4.69) is 0 Å². The number of fused-ring (bicyclic) bond motifs is 2. The van der Waals surface area contributed by atoms with Gasteiger partial charge >= 0.3 is 0 Å². The van der Waals surface area contributed by atoms with E-state index < -0.39 is 35.6 Å². The molecule has 1 spiro atoms. The highest BCUT2D eigenvalue weighted by molar-refractivity contribution is 6.06. The predicted molar refractivity (Wildman–Crippen MR) is 150 cm³/mol. The van der Waals surface area contributed by atoms with Gasteiger partial charge in [0.2, 0.25) is 11.8 Å². The topological polar surface area (TPSA) is 90.4 Å². The Kier molecular flexibility index (Phi) is 6.63. The van der Waals surface area contributed by atoms with Gasteiger partial charge in [-0.3, -0.25) is 14.4 Å². The van der Waals surface area contributed by atoms with Crippen LogP contribution >= 0.6 is 0 Å². The highest BCUT2D eigenvalue weighted by atomic mass is 16.5. The minimum absolute atomic E-state index is 0.175. The predicted octanol–water partition coefficient (Wildman–Crippen LogP) is 2.42. The number of anilines is 1. The number of benzene rings is 2. The molecule has 2 fully saturated rings. The molecule has 0 saturated carbocycles. The highest BCUT2D eigenvalue weighted by Gasteiger charge is 2.72. The molecule has 8 nitrogen and oxygen atoms in total. The summed E-state index contributed by atoms with van der Waals surface area (Å²) in [6, 6.07) is 13.9. The van der Waals surface area contributed by atoms with Crippen LogP contribution in [-0.4, -0.2) is 83.2 Å². The van der Waals surface area contributed by atoms with Crippen molar-refractivity contribution in [3.63, 3.8) is 0 Å². The number of aliphatic hydroxyl groups excluding tert-OH is 1. The van der Waals surface area contributed by atoms with Gasteiger partial charge in [-0.2, -0.15) is 0 Å². The van der Waals surface area contributed by atoms with Crippen LogP contribution in [0.3, 0.4) is 0 Å². The smallest absolute Gasteiger partial charge is 0.253 e. The minimum atomic E-state index is -1.34. The third-order valence-corrected chi connectivity index (χ3v) is 8.87. The number of carbonyl (C=O) groups is 3. The molecule has 6 atom stereocenters. The monoisotopic (exact) mass is 541 g/mol. The number of hydrogen-bond acceptors (Lipinski definition) is 5. The molecule has 1 unspecified atom stereocenters. The summed E-state index contributed by atoms with van der Waals surface area (Å²) in [6.45, 7) is 4.35. The molecule has 2 aromatic carbocycles. The first-order chi connectivity index (χ1) is 19.3. The van der Waals surface area contributed by atoms with Gasteiger partial charge < -0.3 is 24.5 Å². The number of amides is 3. The number of ether oxygens (including phenoxy) is 1. The molecule has 6 rings (SSSR count). The van der Waals surface area contributed by atoms with Crippen LogP contribution in [0.2, 0.25) is 0 Å². The Bertz CT molecular complexity index is 1400. The molecule has 0 aliphatic carbocycles. The van der Waals surface area contributed by atoms with E-state index >= 15 is 0 Å². The molecule has 0 aromatic heterocycles. The number of likely N-dealkylation sites (N-methyl/N-ethyl adjacent to an activating group) is 1. The van der Waals surface area contributed by atoms with Crippen molar-refractivity contribution < 1.29 is 24.2 Å². The van der Waals surface area contributed by atoms with E-state index in [4.69, 9.17) is 4.74 Å². The van der Waals surface area contributed by atoms with Crippen molar-refractivity contribution >= 4 is 23.4 Å². The lowest BCUT2D eigenvalue weighted by Gasteiger charge is -2.39. The summed E-state index contributed by atoms with van der Waals surface area (Å²) < 4.78 is 6.70. The lowest BCUT2D eigenvalue weighted by molar-refractivity contribution is -0.146. The maximum absolute atomic E-state index is 14.7. The van der Waals surface area contributed by atoms with Crippen molar-refractivity contribution in [1.82, 2.24) is 9.80 Å². The Balaban J connectivity index is 1.50. The van der Waals surface area contributed by atoms with Crippen LogP contribution in [0.5, 0.6) is 0 Å². The van der Waals surface area contributed by atoms with Crippen LogP contribution in [0.4, 0.5) is 5.69 Å². The van der Waals surface area contributed by atoms with Crippen LogP contribution < -0.4 is 4.90 Å². The summed E-state index contributed by atoms with van der Waals surface area (Å²) in [7, 11) is 1.72. The summed E-state index contributed by atoms with van der Waals surface area (Å²) in [5, 5.41) is 10.6. The zero-order valence-electron chi connectivity index (χ0n) is 23.1. The summed E-state index contributed by atoms with van der Waals surface area (Å²) in [6.07, 6.45) is 7.21. The first kappa shape index (κ1) is 26.5. The summed E-state index contributed by atoms with van der Waals surface area (Å²) in [5.74, 6) is -2.42. The Morgan fingerprint density at radius 2 is 1.77 bits per heavy atom. The molecule has 0 radical (unpaired) electrons. The molecular formula is C32H35N3O5. The molecule has 4 aliphatic rings. The van der Waals surface area contributed by atoms with E-state index in [1.165, 1.54) is 4.90 Å². The molecular weight excluding hydrogens is 506 g/mol. The van der Waals surface area contributed by atoms with Crippen molar-refractivity contribution in [2.45, 2.75) is 44.1 Å². The molecule has 208 valence electrons. The van der Waals surface area contributed by atoms with E-state index in [0.717, 1.165) is 22.4 Å². The molecule has 2 aromatic rings. The summed E-state index contributed by atoms with van der Waals surface area (Å²) >= 11 is 0. The third kappa shape index (κ3) is 4.00. The van der Waals surface area contributed by atoms with E-state index in [1.807, 2.05) is 86.7 Å². The van der Waals surface area contributed by atoms with E-state index in [9.17, 15) is 19.5 Å². The first-order valence-corrected chi connectivity index (χ1v) is 13.9. The van der Waals surface area contributed by atoms with Gasteiger partial charge in [-0.25, -0.2) is 0 Å². The maximum atomic E-state index is 14.7. The number of aliphatic hydroxyl groups is 1. The molecule has 4 heterocycles. The Morgan fingerprint density at radius 3 is 2.52 bits per heavy atom. The number of likely N-dealkylation sites (tertiary alicyclic amines) is 1. The Labute approximate surface area is 234 Å². The lowest BCUT2D eigenvalue weighted by Crippen LogP contribution is -2.58. The van der Waals surface area contributed by atoms with E-state index in [1.54, 1.807) is 16.8 Å². The SMILES string of the molecule is Cc1ccc(C)c(N2CC=C[C@]34O[C@H]5C=CCN(C)C(=O)[C@H]5[C@H]3C(=O)N([C@@H](CO)Cc3ccccc3)C4C2=O)c1. The van der Waals surface area contributed by atoms with E-state index in [0.29, 0.717) is 19.5 Å². The number of rotatable bonds is 5. The molecule has 3 amide bonds. The van der Waals surface area contributed by atoms with Gasteiger partial charge in [0.25, 0.3) is 5.91 Å². The van der Waals surface area contributed by atoms with Gasteiger partial charge in [0.05, 0.1) is 30.6 Å². The summed E-state index contributed by atoms with van der Waals surface area (Å²) in [5.41, 5.74) is 2.34. The van der Waals surface area contributed by atoms with Crippen molar-refractivity contribution in [2.75, 3.05) is 31.6 Å². The Morgan fingerprint density at radius 1 is 1.00 bits per heavy atom. The van der Waals surface area contributed by atoms with Gasteiger partial charge in [0.15, 0.2) is 0 Å². The number of aryl methyl sites for hydroxylation is 2. The van der Waals surface area contributed by atoms with Crippen molar-refractivity contribution in [2.24, 2.45) is 11.8 Å². The molecule has 4 aliphatic heterocycles. The average molecular weight is 542 g/mol. The van der Waals surface area contributed by atoms with Crippen LogP contribution in [-0.2, 0) is 25.5 Å². The standard InChI is InChI=1S/C32H35N3O5/c1-20-12-13-21(2)24(17-20)34-16-8-14-32-27(26-25(40-32)11-7-15-33(3)29(26)37)30(38)35(28(32)31(34)39)23(19-36)18-22-9-5-4-6-10-22/h4-14,17,23,25-28,36H,15-16,18-19H2,1-3H3/t23-,25+,26-,27+,28?,32+/m1/s1. The first-order valence-electron chi connectivity index (χ1n) is 13.9. The zero-order valence-corrected chi connectivity index (χ0v) is 23.1. The number of hydrogen-bond donors (Lipinski definition) is 1. The third-order valence-electron chi connectivity index (χ3n) is 8.87. The normalized spacial score (nSPS) is 30.2. The van der Waals surface area contributed by atoms with Gasteiger partial charge in [-0.15, -0.1) is 0 Å². The highest BCUT2D eigenvalue weighted by Crippen LogP contribution is 2.54. The fourth-order valence-electron chi connectivity index (χ4n) is 6.96. The van der Waals surface area contributed by atoms with Gasteiger partial charge in [-0.1, -0.05) is 66.8 Å². The van der Waals surface area contributed by atoms with Gasteiger partial charge in [0.1, 0.15) is 11.6 Å². The Hall–Kier alpha value is -3.75. The second kappa shape index (κ2) is 10.0. The lowest BCUT2D eigenvalue weighted by atomic mass is 9.77. The average Bonchev–Trinajstić information content (AvgIpc) is 3.28. The van der Waals surface area contributed by atoms with Crippen molar-refractivity contribution in [3.8, 4) is 0 Å².